The first-order valence-corrected chi connectivity index (χ1v) is 5.57. The van der Waals surface area contributed by atoms with Gasteiger partial charge >= 0.3 is 0 Å². The molecule has 0 amide bonds. The van der Waals surface area contributed by atoms with Gasteiger partial charge in [-0.05, 0) is 10.8 Å². The SMILES string of the molecule is CC(C)(C)C1(C(C)(C)C)CC(=O)CC1=O. The molecule has 1 aliphatic carbocycles. The zero-order valence-corrected chi connectivity index (χ0v) is 10.7. The lowest BCUT2D eigenvalue weighted by atomic mass is 9.53. The predicted octanol–water partition coefficient (Wildman–Crippen LogP) is 3.00. The average molecular weight is 210 g/mol. The zero-order valence-electron chi connectivity index (χ0n) is 10.7. The van der Waals surface area contributed by atoms with E-state index in [1.165, 1.54) is 0 Å². The minimum atomic E-state index is -0.489. The molecule has 15 heavy (non-hydrogen) atoms. The smallest absolute Gasteiger partial charge is 0.147 e. The van der Waals surface area contributed by atoms with Crippen molar-refractivity contribution in [2.24, 2.45) is 16.2 Å². The van der Waals surface area contributed by atoms with Gasteiger partial charge < -0.3 is 0 Å². The highest BCUT2D eigenvalue weighted by Crippen LogP contribution is 2.57. The van der Waals surface area contributed by atoms with E-state index in [0.717, 1.165) is 0 Å². The van der Waals surface area contributed by atoms with E-state index >= 15 is 0 Å². The van der Waals surface area contributed by atoms with E-state index in [2.05, 4.69) is 41.5 Å². The van der Waals surface area contributed by atoms with Crippen molar-refractivity contribution in [3.63, 3.8) is 0 Å². The molecule has 0 saturated heterocycles. The van der Waals surface area contributed by atoms with E-state index in [1.807, 2.05) is 0 Å². The second-order valence-corrected chi connectivity index (χ2v) is 6.72. The van der Waals surface area contributed by atoms with Gasteiger partial charge in [0, 0.05) is 11.8 Å². The summed E-state index contributed by atoms with van der Waals surface area (Å²) < 4.78 is 0. The third kappa shape index (κ3) is 1.64. The van der Waals surface area contributed by atoms with Crippen molar-refractivity contribution < 1.29 is 9.59 Å². The third-order valence-electron chi connectivity index (χ3n) is 3.86. The van der Waals surface area contributed by atoms with Crippen LogP contribution in [0.3, 0.4) is 0 Å². The van der Waals surface area contributed by atoms with Crippen LogP contribution >= 0.6 is 0 Å². The normalized spacial score (nSPS) is 22.3. The first-order valence-electron chi connectivity index (χ1n) is 5.57. The van der Waals surface area contributed by atoms with Gasteiger partial charge in [0.25, 0.3) is 0 Å². The molecule has 2 nitrogen and oxygen atoms in total. The van der Waals surface area contributed by atoms with E-state index in [-0.39, 0.29) is 28.8 Å². The summed E-state index contributed by atoms with van der Waals surface area (Å²) in [6.07, 6.45) is 0.549. The first-order chi connectivity index (χ1) is 6.52. The molecule has 0 heterocycles. The quantitative estimate of drug-likeness (QED) is 0.576. The summed E-state index contributed by atoms with van der Waals surface area (Å²) in [6.45, 7) is 12.4. The molecule has 1 fully saturated rings. The lowest BCUT2D eigenvalue weighted by Gasteiger charge is -2.49. The lowest BCUT2D eigenvalue weighted by molar-refractivity contribution is -0.141. The van der Waals surface area contributed by atoms with Crippen LogP contribution in [-0.2, 0) is 9.59 Å². The molecule has 0 bridgehead atoms. The highest BCUT2D eigenvalue weighted by molar-refractivity contribution is 6.10. The molecule has 0 radical (unpaired) electrons. The molecule has 0 spiro atoms. The topological polar surface area (TPSA) is 34.1 Å². The fourth-order valence-electron chi connectivity index (χ4n) is 3.28. The summed E-state index contributed by atoms with van der Waals surface area (Å²) in [5, 5.41) is 0. The number of hydrogen-bond acceptors (Lipinski definition) is 2. The summed E-state index contributed by atoms with van der Waals surface area (Å²) in [7, 11) is 0. The van der Waals surface area contributed by atoms with Crippen LogP contribution in [-0.4, -0.2) is 11.6 Å². The van der Waals surface area contributed by atoms with Crippen LogP contribution in [0.2, 0.25) is 0 Å². The van der Waals surface area contributed by atoms with Crippen molar-refractivity contribution in [1.82, 2.24) is 0 Å². The maximum atomic E-state index is 12.2. The van der Waals surface area contributed by atoms with Gasteiger partial charge in [0.2, 0.25) is 0 Å². The molecule has 0 N–H and O–H groups in total. The number of carbonyl (C=O) groups excluding carboxylic acids is 2. The fraction of sp³-hybridized carbons (Fsp3) is 0.846. The minimum Gasteiger partial charge on any atom is -0.299 e. The Morgan fingerprint density at radius 2 is 1.33 bits per heavy atom. The van der Waals surface area contributed by atoms with Gasteiger partial charge in [-0.25, -0.2) is 0 Å². The van der Waals surface area contributed by atoms with E-state index in [0.29, 0.717) is 6.42 Å². The van der Waals surface area contributed by atoms with Crippen LogP contribution < -0.4 is 0 Å². The van der Waals surface area contributed by atoms with Gasteiger partial charge in [0.15, 0.2) is 0 Å². The zero-order chi connectivity index (χ0) is 12.1. The predicted molar refractivity (Wildman–Crippen MR) is 60.6 cm³/mol. The highest BCUT2D eigenvalue weighted by Gasteiger charge is 2.59. The average Bonchev–Trinajstić information content (AvgIpc) is 2.23. The van der Waals surface area contributed by atoms with Gasteiger partial charge in [-0.3, -0.25) is 9.59 Å². The first kappa shape index (κ1) is 12.4. The second kappa shape index (κ2) is 3.16. The molecule has 2 heteroatoms. The van der Waals surface area contributed by atoms with Gasteiger partial charge in [-0.15, -0.1) is 0 Å². The molecule has 0 aromatic rings. The van der Waals surface area contributed by atoms with Crippen LogP contribution in [0.15, 0.2) is 0 Å². The molecule has 0 unspecified atom stereocenters. The summed E-state index contributed by atoms with van der Waals surface area (Å²) >= 11 is 0. The molecule has 86 valence electrons. The van der Waals surface area contributed by atoms with Crippen LogP contribution in [0.1, 0.15) is 54.4 Å². The Hall–Kier alpha value is -0.660. The maximum absolute atomic E-state index is 12.2. The Labute approximate surface area is 92.4 Å². The van der Waals surface area contributed by atoms with Gasteiger partial charge in [0.1, 0.15) is 11.6 Å². The summed E-state index contributed by atoms with van der Waals surface area (Å²) in [5.74, 6) is 0.234. The highest BCUT2D eigenvalue weighted by atomic mass is 16.2. The molecule has 1 saturated carbocycles. The molecule has 0 atom stereocenters. The van der Waals surface area contributed by atoms with Crippen LogP contribution in [0, 0.1) is 16.2 Å². The van der Waals surface area contributed by atoms with Crippen LogP contribution in [0.25, 0.3) is 0 Å². The van der Waals surface area contributed by atoms with Gasteiger partial charge in [0.05, 0.1) is 6.42 Å². The Morgan fingerprint density at radius 1 is 0.933 bits per heavy atom. The molecule has 0 aliphatic heterocycles. The van der Waals surface area contributed by atoms with E-state index in [9.17, 15) is 9.59 Å². The number of carbonyl (C=O) groups is 2. The number of rotatable bonds is 0. The van der Waals surface area contributed by atoms with Crippen molar-refractivity contribution in [1.29, 1.82) is 0 Å². The van der Waals surface area contributed by atoms with Crippen LogP contribution in [0.4, 0.5) is 0 Å². The number of hydrogen-bond donors (Lipinski definition) is 0. The van der Waals surface area contributed by atoms with E-state index in [1.54, 1.807) is 0 Å². The number of Topliss-reactive ketones (excluding diaryl/α,β-unsaturated/α-hetero) is 2. The number of ketones is 2. The van der Waals surface area contributed by atoms with Crippen molar-refractivity contribution in [3.8, 4) is 0 Å². The Bertz CT molecular complexity index is 285. The fourth-order valence-corrected chi connectivity index (χ4v) is 3.28. The molecular formula is C13H22O2. The maximum Gasteiger partial charge on any atom is 0.147 e. The lowest BCUT2D eigenvalue weighted by Crippen LogP contribution is -2.49. The van der Waals surface area contributed by atoms with E-state index < -0.39 is 5.41 Å². The minimum absolute atomic E-state index is 0.102. The summed E-state index contributed by atoms with van der Waals surface area (Å²) in [4.78, 5) is 23.7. The van der Waals surface area contributed by atoms with Gasteiger partial charge in [-0.1, -0.05) is 41.5 Å². The molecular weight excluding hydrogens is 188 g/mol. The Balaban J connectivity index is 3.33. The standard InChI is InChI=1S/C13H22O2/c1-11(2,3)13(12(4,5)6)8-9(14)7-10(13)15/h7-8H2,1-6H3. The molecule has 0 aromatic heterocycles. The third-order valence-corrected chi connectivity index (χ3v) is 3.86. The van der Waals surface area contributed by atoms with Crippen molar-refractivity contribution in [2.75, 3.05) is 0 Å². The summed E-state index contributed by atoms with van der Waals surface area (Å²) in [5.41, 5.74) is -0.805. The molecule has 1 rings (SSSR count). The monoisotopic (exact) mass is 210 g/mol. The second-order valence-electron chi connectivity index (χ2n) is 6.72. The summed E-state index contributed by atoms with van der Waals surface area (Å²) in [6, 6.07) is 0. The van der Waals surface area contributed by atoms with Crippen LogP contribution in [0.5, 0.6) is 0 Å². The van der Waals surface area contributed by atoms with Crippen molar-refractivity contribution in [2.45, 2.75) is 54.4 Å². The molecule has 1 aliphatic rings. The van der Waals surface area contributed by atoms with Crippen molar-refractivity contribution in [3.05, 3.63) is 0 Å². The molecule has 0 aromatic carbocycles. The Morgan fingerprint density at radius 3 is 1.47 bits per heavy atom. The van der Waals surface area contributed by atoms with Gasteiger partial charge in [-0.2, -0.15) is 0 Å². The van der Waals surface area contributed by atoms with E-state index in [4.69, 9.17) is 0 Å². The van der Waals surface area contributed by atoms with Crippen molar-refractivity contribution >= 4 is 11.6 Å². The largest absolute Gasteiger partial charge is 0.299 e. The Kier molecular flexibility index (Phi) is 2.62.